The molecule has 6 nitrogen and oxygen atoms in total. The molecule has 9 heteroatoms. The fourth-order valence-corrected chi connectivity index (χ4v) is 2.85. The smallest absolute Gasteiger partial charge is 0.417 e. The van der Waals surface area contributed by atoms with E-state index in [-0.39, 0.29) is 5.56 Å². The summed E-state index contributed by atoms with van der Waals surface area (Å²) in [7, 11) is 0. The number of aromatic hydroxyl groups is 1. The van der Waals surface area contributed by atoms with Crippen LogP contribution in [0.1, 0.15) is 16.7 Å². The van der Waals surface area contributed by atoms with E-state index in [0.29, 0.717) is 28.6 Å². The Labute approximate surface area is 168 Å². The van der Waals surface area contributed by atoms with E-state index in [4.69, 9.17) is 0 Å². The minimum atomic E-state index is -4.64. The maximum absolute atomic E-state index is 13.3. The van der Waals surface area contributed by atoms with Crippen molar-refractivity contribution in [3.63, 3.8) is 0 Å². The van der Waals surface area contributed by atoms with Crippen molar-refractivity contribution in [2.75, 3.05) is 0 Å². The first kappa shape index (κ1) is 19.1. The van der Waals surface area contributed by atoms with Gasteiger partial charge in [0.25, 0.3) is 0 Å². The quantitative estimate of drug-likeness (QED) is 0.490. The Bertz CT molecular complexity index is 1240. The van der Waals surface area contributed by atoms with Crippen molar-refractivity contribution in [3.05, 3.63) is 77.6 Å². The molecule has 0 bridgehead atoms. The molecule has 4 rings (SSSR count). The predicted octanol–water partition coefficient (Wildman–Crippen LogP) is 4.05. The van der Waals surface area contributed by atoms with Gasteiger partial charge >= 0.3 is 6.18 Å². The number of tetrazole rings is 1. The highest BCUT2D eigenvalue weighted by Crippen LogP contribution is 2.34. The monoisotopic (exact) mass is 407 g/mol. The summed E-state index contributed by atoms with van der Waals surface area (Å²) in [6, 6.07) is 11.7. The summed E-state index contributed by atoms with van der Waals surface area (Å²) in [6.07, 6.45) is -1.40. The molecule has 2 aromatic carbocycles. The molecular weight excluding hydrogens is 395 g/mol. The first-order valence-corrected chi connectivity index (χ1v) is 8.62. The van der Waals surface area contributed by atoms with Gasteiger partial charge in [-0.15, -0.1) is 10.2 Å². The van der Waals surface area contributed by atoms with Gasteiger partial charge in [0, 0.05) is 34.6 Å². The summed E-state index contributed by atoms with van der Waals surface area (Å²) in [5, 5.41) is 23.2. The number of rotatable bonds is 2. The molecule has 148 valence electrons. The summed E-state index contributed by atoms with van der Waals surface area (Å²) in [5.41, 5.74) is 1.31. The van der Waals surface area contributed by atoms with Crippen molar-refractivity contribution in [1.82, 2.24) is 25.6 Å². The van der Waals surface area contributed by atoms with E-state index in [1.807, 2.05) is 6.07 Å². The molecule has 2 heterocycles. The number of pyridine rings is 1. The summed E-state index contributed by atoms with van der Waals surface area (Å²) in [5.74, 6) is 5.28. The number of benzene rings is 2. The lowest BCUT2D eigenvalue weighted by Gasteiger charge is -2.09. The molecule has 0 aliphatic carbocycles. The van der Waals surface area contributed by atoms with E-state index in [1.54, 1.807) is 36.7 Å². The molecule has 0 amide bonds. The van der Waals surface area contributed by atoms with Crippen LogP contribution in [-0.2, 0) is 6.18 Å². The molecule has 4 aromatic rings. The maximum Gasteiger partial charge on any atom is 0.417 e. The van der Waals surface area contributed by atoms with E-state index >= 15 is 0 Å². The van der Waals surface area contributed by atoms with Gasteiger partial charge in [0.05, 0.1) is 5.56 Å². The van der Waals surface area contributed by atoms with Gasteiger partial charge in [-0.1, -0.05) is 17.9 Å². The lowest BCUT2D eigenvalue weighted by molar-refractivity contribution is -0.137. The SMILES string of the molecule is Oc1ccc(C#Cc2ccc(-c3nn[nH]n3)cc2-c2cccnc2)c(C(F)(F)F)c1. The fraction of sp³-hybridized carbons (Fsp3) is 0.0476. The van der Waals surface area contributed by atoms with Crippen molar-refractivity contribution in [2.45, 2.75) is 6.18 Å². The number of hydrogen-bond acceptors (Lipinski definition) is 5. The Morgan fingerprint density at radius 1 is 0.933 bits per heavy atom. The molecular formula is C21H12F3N5O. The molecule has 0 saturated heterocycles. The zero-order chi connectivity index (χ0) is 21.1. The third kappa shape index (κ3) is 3.98. The van der Waals surface area contributed by atoms with Crippen molar-refractivity contribution in [1.29, 1.82) is 0 Å². The molecule has 2 N–H and O–H groups in total. The van der Waals surface area contributed by atoms with Crippen molar-refractivity contribution in [3.8, 4) is 40.1 Å². The Balaban J connectivity index is 1.84. The lowest BCUT2D eigenvalue weighted by Crippen LogP contribution is -2.07. The average molecular weight is 407 g/mol. The highest BCUT2D eigenvalue weighted by atomic mass is 19.4. The van der Waals surface area contributed by atoms with Gasteiger partial charge in [-0.2, -0.15) is 18.4 Å². The van der Waals surface area contributed by atoms with Gasteiger partial charge in [-0.25, -0.2) is 0 Å². The number of aromatic amines is 1. The Morgan fingerprint density at radius 2 is 1.73 bits per heavy atom. The topological polar surface area (TPSA) is 87.6 Å². The molecule has 0 saturated carbocycles. The second kappa shape index (κ2) is 7.67. The van der Waals surface area contributed by atoms with E-state index in [1.165, 1.54) is 6.07 Å². The Hall–Kier alpha value is -4.19. The summed E-state index contributed by atoms with van der Waals surface area (Å²) in [6.45, 7) is 0. The van der Waals surface area contributed by atoms with Crippen LogP contribution < -0.4 is 0 Å². The van der Waals surface area contributed by atoms with Crippen LogP contribution in [-0.4, -0.2) is 30.7 Å². The third-order valence-corrected chi connectivity index (χ3v) is 4.24. The van der Waals surface area contributed by atoms with E-state index < -0.39 is 17.5 Å². The van der Waals surface area contributed by atoms with Gasteiger partial charge in [0.15, 0.2) is 0 Å². The highest BCUT2D eigenvalue weighted by molar-refractivity contribution is 5.76. The van der Waals surface area contributed by atoms with Gasteiger partial charge in [-0.3, -0.25) is 4.98 Å². The molecule has 0 aliphatic heterocycles. The molecule has 0 radical (unpaired) electrons. The highest BCUT2D eigenvalue weighted by Gasteiger charge is 2.33. The molecule has 0 unspecified atom stereocenters. The fourth-order valence-electron chi connectivity index (χ4n) is 2.85. The molecule has 30 heavy (non-hydrogen) atoms. The minimum Gasteiger partial charge on any atom is -0.508 e. The first-order chi connectivity index (χ1) is 14.4. The number of phenolic OH excluding ortho intramolecular Hbond substituents is 1. The van der Waals surface area contributed by atoms with Gasteiger partial charge < -0.3 is 5.11 Å². The van der Waals surface area contributed by atoms with E-state index in [9.17, 15) is 18.3 Å². The van der Waals surface area contributed by atoms with Crippen molar-refractivity contribution < 1.29 is 18.3 Å². The number of nitrogens with one attached hydrogen (secondary N) is 1. The molecule has 0 spiro atoms. The normalized spacial score (nSPS) is 11.0. The molecule has 0 aliphatic rings. The second-order valence-electron chi connectivity index (χ2n) is 6.22. The largest absolute Gasteiger partial charge is 0.508 e. The van der Waals surface area contributed by atoms with Crippen LogP contribution in [0.3, 0.4) is 0 Å². The first-order valence-electron chi connectivity index (χ1n) is 8.62. The zero-order valence-electron chi connectivity index (χ0n) is 15.1. The Morgan fingerprint density at radius 3 is 2.43 bits per heavy atom. The van der Waals surface area contributed by atoms with Gasteiger partial charge in [-0.05, 0) is 53.2 Å². The predicted molar refractivity (Wildman–Crippen MR) is 102 cm³/mol. The lowest BCUT2D eigenvalue weighted by atomic mass is 9.97. The number of alkyl halides is 3. The number of aromatic nitrogens is 5. The standard InChI is InChI=1S/C21H12F3N5O/c22-21(23,24)19-11-17(30)8-7-14(19)5-3-13-4-6-15(20-26-28-29-27-20)10-18(13)16-2-1-9-25-12-16/h1-2,4,6-12,30H,(H,26,27,28,29). The summed E-state index contributed by atoms with van der Waals surface area (Å²) >= 11 is 0. The average Bonchev–Trinajstić information content (AvgIpc) is 3.28. The molecule has 2 aromatic heterocycles. The van der Waals surface area contributed by atoms with Crippen LogP contribution in [0.25, 0.3) is 22.5 Å². The van der Waals surface area contributed by atoms with Crippen LogP contribution >= 0.6 is 0 Å². The van der Waals surface area contributed by atoms with Gasteiger partial charge in [0.2, 0.25) is 5.82 Å². The van der Waals surface area contributed by atoms with E-state index in [2.05, 4.69) is 37.4 Å². The Kier molecular flexibility index (Phi) is 4.90. The number of phenols is 1. The van der Waals surface area contributed by atoms with E-state index in [0.717, 1.165) is 11.6 Å². The van der Waals surface area contributed by atoms with Crippen LogP contribution in [0.2, 0.25) is 0 Å². The number of hydrogen-bond donors (Lipinski definition) is 2. The van der Waals surface area contributed by atoms with Gasteiger partial charge in [0.1, 0.15) is 5.75 Å². The number of nitrogens with zero attached hydrogens (tertiary/aromatic N) is 4. The van der Waals surface area contributed by atoms with Crippen LogP contribution in [0.15, 0.2) is 60.9 Å². The number of H-pyrrole nitrogens is 1. The van der Waals surface area contributed by atoms with Crippen LogP contribution in [0, 0.1) is 11.8 Å². The zero-order valence-corrected chi connectivity index (χ0v) is 15.1. The second-order valence-corrected chi connectivity index (χ2v) is 6.22. The molecule has 0 fully saturated rings. The van der Waals surface area contributed by atoms with Crippen molar-refractivity contribution in [2.24, 2.45) is 0 Å². The summed E-state index contributed by atoms with van der Waals surface area (Å²) in [4.78, 5) is 4.09. The van der Waals surface area contributed by atoms with Crippen LogP contribution in [0.5, 0.6) is 5.75 Å². The maximum atomic E-state index is 13.3. The third-order valence-electron chi connectivity index (χ3n) is 4.24. The minimum absolute atomic E-state index is 0.236. The molecule has 0 atom stereocenters. The summed E-state index contributed by atoms with van der Waals surface area (Å²) < 4.78 is 39.9. The van der Waals surface area contributed by atoms with Crippen LogP contribution in [0.4, 0.5) is 13.2 Å². The van der Waals surface area contributed by atoms with Crippen molar-refractivity contribution >= 4 is 0 Å². The number of halogens is 3.